The summed E-state index contributed by atoms with van der Waals surface area (Å²) in [4.78, 5) is 15.3. The van der Waals surface area contributed by atoms with Gasteiger partial charge in [-0.3, -0.25) is 4.79 Å². The number of carbonyl (C=O) groups is 1. The van der Waals surface area contributed by atoms with Gasteiger partial charge in [0.25, 0.3) is 0 Å². The normalized spacial score (nSPS) is 10.2. The Hall–Kier alpha value is -1.75. The van der Waals surface area contributed by atoms with Crippen LogP contribution < -0.4 is 5.32 Å². The van der Waals surface area contributed by atoms with E-state index in [1.54, 1.807) is 12.3 Å². The van der Waals surface area contributed by atoms with Crippen LogP contribution in [0, 0.1) is 12.7 Å². The largest absolute Gasteiger partial charge is 0.305 e. The van der Waals surface area contributed by atoms with Gasteiger partial charge in [0.15, 0.2) is 5.13 Å². The minimum absolute atomic E-state index is 0.223. The summed E-state index contributed by atoms with van der Waals surface area (Å²) in [6.45, 7) is 1.88. The van der Waals surface area contributed by atoms with E-state index < -0.39 is 0 Å². The molecule has 0 aliphatic heterocycles. The number of hydrogen-bond acceptors (Lipinski definition) is 3. The average Bonchev–Trinajstić information content (AvgIpc) is 2.71. The molecule has 0 radical (unpaired) electrons. The van der Waals surface area contributed by atoms with Crippen molar-refractivity contribution in [3.8, 4) is 0 Å². The van der Waals surface area contributed by atoms with E-state index in [0.29, 0.717) is 18.0 Å². The topological polar surface area (TPSA) is 42.0 Å². The molecule has 2 aromatic rings. The van der Waals surface area contributed by atoms with Crippen LogP contribution in [0.4, 0.5) is 9.52 Å². The van der Waals surface area contributed by atoms with Crippen molar-refractivity contribution in [2.45, 2.75) is 13.3 Å². The van der Waals surface area contributed by atoms with E-state index >= 15 is 0 Å². The lowest BCUT2D eigenvalue weighted by atomic mass is 10.1. The molecule has 1 heterocycles. The number of rotatable bonds is 4. The Morgan fingerprint density at radius 2 is 2.35 bits per heavy atom. The van der Waals surface area contributed by atoms with Gasteiger partial charge in [0, 0.05) is 17.5 Å². The number of halogens is 1. The van der Waals surface area contributed by atoms with E-state index in [2.05, 4.69) is 10.3 Å². The van der Waals surface area contributed by atoms with E-state index in [-0.39, 0.29) is 5.82 Å². The second-order valence-electron chi connectivity index (χ2n) is 3.64. The first-order valence-corrected chi connectivity index (χ1v) is 5.90. The molecule has 0 unspecified atom stereocenters. The number of amides is 1. The monoisotopic (exact) mass is 250 g/mol. The van der Waals surface area contributed by atoms with Crippen molar-refractivity contribution in [2.24, 2.45) is 0 Å². The summed E-state index contributed by atoms with van der Waals surface area (Å²) in [6.07, 6.45) is 3.02. The third-order valence-electron chi connectivity index (χ3n) is 2.41. The predicted octanol–water partition coefficient (Wildman–Crippen LogP) is 2.75. The molecule has 88 valence electrons. The van der Waals surface area contributed by atoms with Crippen LogP contribution in [0.1, 0.15) is 16.0 Å². The second kappa shape index (κ2) is 5.05. The lowest BCUT2D eigenvalue weighted by Crippen LogP contribution is -1.91. The smallest absolute Gasteiger partial charge is 0.213 e. The molecular formula is C12H11FN2OS. The molecule has 0 saturated heterocycles. The summed E-state index contributed by atoms with van der Waals surface area (Å²) in [7, 11) is 0. The Balaban J connectivity index is 2.16. The fraction of sp³-hybridized carbons (Fsp3) is 0.167. The van der Waals surface area contributed by atoms with Crippen LogP contribution in [-0.2, 0) is 11.2 Å². The zero-order valence-electron chi connectivity index (χ0n) is 9.24. The van der Waals surface area contributed by atoms with Gasteiger partial charge < -0.3 is 5.32 Å². The predicted molar refractivity (Wildman–Crippen MR) is 65.7 cm³/mol. The zero-order valence-corrected chi connectivity index (χ0v) is 10.1. The number of carbonyl (C=O) groups excluding carboxylic acids is 1. The van der Waals surface area contributed by atoms with Crippen LogP contribution in [0.15, 0.2) is 24.4 Å². The van der Waals surface area contributed by atoms with Crippen molar-refractivity contribution in [3.63, 3.8) is 0 Å². The lowest BCUT2D eigenvalue weighted by Gasteiger charge is -2.03. The maximum atomic E-state index is 12.9. The van der Waals surface area contributed by atoms with Gasteiger partial charge in [0.1, 0.15) is 5.82 Å². The average molecular weight is 250 g/mol. The number of anilines is 1. The Morgan fingerprint density at radius 3 is 3.06 bits per heavy atom. The standard InChI is InChI=1S/C12H11FN2OS/c1-8-4-10(13)3-2-9(8)5-11-6-14-12(17-11)15-7-16/h2-4,6-7H,5H2,1H3,(H,14,15,16). The zero-order chi connectivity index (χ0) is 12.3. The van der Waals surface area contributed by atoms with Gasteiger partial charge in [-0.2, -0.15) is 0 Å². The SMILES string of the molecule is Cc1cc(F)ccc1Cc1cnc(NC=O)s1. The molecular weight excluding hydrogens is 239 g/mol. The van der Waals surface area contributed by atoms with Crippen molar-refractivity contribution in [1.82, 2.24) is 4.98 Å². The lowest BCUT2D eigenvalue weighted by molar-refractivity contribution is -0.105. The number of nitrogens with one attached hydrogen (secondary N) is 1. The van der Waals surface area contributed by atoms with Crippen LogP contribution in [0.2, 0.25) is 0 Å². The molecule has 17 heavy (non-hydrogen) atoms. The van der Waals surface area contributed by atoms with Gasteiger partial charge in [-0.05, 0) is 30.2 Å². The minimum atomic E-state index is -0.223. The van der Waals surface area contributed by atoms with Crippen molar-refractivity contribution in [2.75, 3.05) is 5.32 Å². The van der Waals surface area contributed by atoms with E-state index in [1.807, 2.05) is 6.92 Å². The highest BCUT2D eigenvalue weighted by Gasteiger charge is 2.05. The first-order chi connectivity index (χ1) is 8.19. The molecule has 0 aliphatic carbocycles. The van der Waals surface area contributed by atoms with Crippen molar-refractivity contribution in [1.29, 1.82) is 0 Å². The fourth-order valence-corrected chi connectivity index (χ4v) is 2.35. The maximum absolute atomic E-state index is 12.9. The van der Waals surface area contributed by atoms with Crippen LogP contribution in [0.3, 0.4) is 0 Å². The van der Waals surface area contributed by atoms with Gasteiger partial charge in [-0.25, -0.2) is 9.37 Å². The van der Waals surface area contributed by atoms with Crippen LogP contribution in [0.25, 0.3) is 0 Å². The molecule has 1 aromatic heterocycles. The number of benzene rings is 1. The van der Waals surface area contributed by atoms with Gasteiger partial charge in [0.05, 0.1) is 0 Å². The molecule has 0 fully saturated rings. The third kappa shape index (κ3) is 2.88. The number of aryl methyl sites for hydroxylation is 1. The molecule has 2 rings (SSSR count). The van der Waals surface area contributed by atoms with E-state index in [9.17, 15) is 9.18 Å². The van der Waals surface area contributed by atoms with E-state index in [4.69, 9.17) is 0 Å². The second-order valence-corrected chi connectivity index (χ2v) is 4.76. The van der Waals surface area contributed by atoms with Crippen molar-refractivity contribution >= 4 is 22.9 Å². The molecule has 0 spiro atoms. The third-order valence-corrected chi connectivity index (χ3v) is 3.33. The van der Waals surface area contributed by atoms with Crippen LogP contribution >= 0.6 is 11.3 Å². The minimum Gasteiger partial charge on any atom is -0.305 e. The quantitative estimate of drug-likeness (QED) is 0.848. The summed E-state index contributed by atoms with van der Waals surface area (Å²) in [6, 6.07) is 4.74. The highest BCUT2D eigenvalue weighted by atomic mass is 32.1. The van der Waals surface area contributed by atoms with Gasteiger partial charge >= 0.3 is 0 Å². The van der Waals surface area contributed by atoms with E-state index in [1.165, 1.54) is 23.5 Å². The summed E-state index contributed by atoms with van der Waals surface area (Å²) >= 11 is 1.42. The summed E-state index contributed by atoms with van der Waals surface area (Å²) in [5.41, 5.74) is 1.98. The van der Waals surface area contributed by atoms with Crippen LogP contribution in [-0.4, -0.2) is 11.4 Å². The first kappa shape index (κ1) is 11.7. The molecule has 0 atom stereocenters. The summed E-state index contributed by atoms with van der Waals surface area (Å²) in [5, 5.41) is 3.08. The maximum Gasteiger partial charge on any atom is 0.213 e. The molecule has 1 amide bonds. The fourth-order valence-electron chi connectivity index (χ4n) is 1.55. The Kier molecular flexibility index (Phi) is 3.49. The highest BCUT2D eigenvalue weighted by molar-refractivity contribution is 7.15. The van der Waals surface area contributed by atoms with Crippen LogP contribution in [0.5, 0.6) is 0 Å². The molecule has 3 nitrogen and oxygen atoms in total. The number of thiazole rings is 1. The highest BCUT2D eigenvalue weighted by Crippen LogP contribution is 2.22. The number of nitrogens with zero attached hydrogens (tertiary/aromatic N) is 1. The molecule has 0 saturated carbocycles. The van der Waals surface area contributed by atoms with Crippen molar-refractivity contribution in [3.05, 3.63) is 46.2 Å². The molecule has 1 N–H and O–H groups in total. The first-order valence-electron chi connectivity index (χ1n) is 5.09. The van der Waals surface area contributed by atoms with Gasteiger partial charge in [-0.1, -0.05) is 6.07 Å². The van der Waals surface area contributed by atoms with E-state index in [0.717, 1.165) is 16.0 Å². The molecule has 0 aliphatic rings. The van der Waals surface area contributed by atoms with Gasteiger partial charge in [0.2, 0.25) is 6.41 Å². The van der Waals surface area contributed by atoms with Gasteiger partial charge in [-0.15, -0.1) is 11.3 Å². The summed E-state index contributed by atoms with van der Waals surface area (Å²) in [5.74, 6) is -0.223. The number of hydrogen-bond donors (Lipinski definition) is 1. The Labute approximate surface area is 102 Å². The summed E-state index contributed by atoms with van der Waals surface area (Å²) < 4.78 is 12.9. The molecule has 1 aromatic carbocycles. The molecule has 0 bridgehead atoms. The number of aromatic nitrogens is 1. The molecule has 5 heteroatoms. The van der Waals surface area contributed by atoms with Crippen molar-refractivity contribution < 1.29 is 9.18 Å². The Bertz CT molecular complexity index is 539. The Morgan fingerprint density at radius 1 is 1.53 bits per heavy atom.